The molecule has 0 amide bonds. The summed E-state index contributed by atoms with van der Waals surface area (Å²) in [5.41, 5.74) is 1.12. The molecule has 24 heavy (non-hydrogen) atoms. The predicted octanol–water partition coefficient (Wildman–Crippen LogP) is 3.33. The summed E-state index contributed by atoms with van der Waals surface area (Å²) in [6, 6.07) is 8.40. The molecule has 4 nitrogen and oxygen atoms in total. The molecule has 2 saturated heterocycles. The lowest BCUT2D eigenvalue weighted by Gasteiger charge is -2.51. The Hall–Kier alpha value is -1.55. The third-order valence-electron chi connectivity index (χ3n) is 5.81. The highest BCUT2D eigenvalue weighted by molar-refractivity contribution is 5.71. The monoisotopic (exact) mass is 332 g/mol. The summed E-state index contributed by atoms with van der Waals surface area (Å²) in [5.74, 6) is 0.972. The number of quaternary nitrogens is 1. The lowest BCUT2D eigenvalue weighted by Crippen LogP contribution is -2.61. The minimum atomic E-state index is -0.257. The smallest absolute Gasteiger partial charge is 0.344 e. The zero-order valence-electron chi connectivity index (χ0n) is 15.0. The summed E-state index contributed by atoms with van der Waals surface area (Å²) in [7, 11) is 2.39. The Labute approximate surface area is 145 Å². The van der Waals surface area contributed by atoms with Crippen LogP contribution in [0.2, 0.25) is 0 Å². The van der Waals surface area contributed by atoms with Gasteiger partial charge in [0.15, 0.2) is 6.61 Å². The second-order valence-corrected chi connectivity index (χ2v) is 7.68. The van der Waals surface area contributed by atoms with Gasteiger partial charge in [0.05, 0.1) is 32.8 Å². The second kappa shape index (κ2) is 7.56. The maximum absolute atomic E-state index is 12.0. The number of benzene rings is 1. The van der Waals surface area contributed by atoms with E-state index in [2.05, 4.69) is 7.05 Å². The van der Waals surface area contributed by atoms with Crippen LogP contribution in [0.15, 0.2) is 24.3 Å². The molecule has 0 aliphatic carbocycles. The maximum Gasteiger partial charge on any atom is 0.344 e. The highest BCUT2D eigenvalue weighted by atomic mass is 16.6. The van der Waals surface area contributed by atoms with Crippen molar-refractivity contribution in [3.05, 3.63) is 29.8 Å². The SMILES string of the molecule is Cc1cccc(OCC(=O)OC[C@@H]2CCC[N@+]3(C)CCCC[C@H]23)c1. The highest BCUT2D eigenvalue weighted by Crippen LogP contribution is 2.36. The van der Waals surface area contributed by atoms with Crippen molar-refractivity contribution in [2.75, 3.05) is 33.4 Å². The van der Waals surface area contributed by atoms with Crippen LogP contribution < -0.4 is 4.74 Å². The van der Waals surface area contributed by atoms with Gasteiger partial charge in [-0.15, -0.1) is 0 Å². The fraction of sp³-hybridized carbons (Fsp3) is 0.650. The van der Waals surface area contributed by atoms with Crippen LogP contribution in [0.25, 0.3) is 0 Å². The van der Waals surface area contributed by atoms with Crippen LogP contribution in [0.4, 0.5) is 0 Å². The maximum atomic E-state index is 12.0. The molecule has 0 saturated carbocycles. The number of aryl methyl sites for hydroxylation is 1. The molecule has 2 aliphatic rings. The van der Waals surface area contributed by atoms with Gasteiger partial charge < -0.3 is 14.0 Å². The van der Waals surface area contributed by atoms with Gasteiger partial charge in [0.1, 0.15) is 5.75 Å². The first kappa shape index (κ1) is 17.3. The summed E-state index contributed by atoms with van der Waals surface area (Å²) in [6.45, 7) is 5.12. The van der Waals surface area contributed by atoms with Crippen molar-refractivity contribution < 1.29 is 18.8 Å². The fourth-order valence-corrected chi connectivity index (χ4v) is 4.52. The van der Waals surface area contributed by atoms with Crippen LogP contribution in [0.3, 0.4) is 0 Å². The first-order valence-electron chi connectivity index (χ1n) is 9.26. The average molecular weight is 332 g/mol. The number of carbonyl (C=O) groups excluding carboxylic acids is 1. The zero-order valence-corrected chi connectivity index (χ0v) is 15.0. The van der Waals surface area contributed by atoms with Gasteiger partial charge in [0.2, 0.25) is 0 Å². The van der Waals surface area contributed by atoms with Gasteiger partial charge in [-0.05, 0) is 50.3 Å². The van der Waals surface area contributed by atoms with Crippen LogP contribution in [-0.2, 0) is 9.53 Å². The van der Waals surface area contributed by atoms with E-state index in [0.717, 1.165) is 11.3 Å². The highest BCUT2D eigenvalue weighted by Gasteiger charge is 2.43. The molecule has 0 spiro atoms. The van der Waals surface area contributed by atoms with Crippen molar-refractivity contribution in [2.45, 2.75) is 45.1 Å². The molecule has 0 bridgehead atoms. The molecule has 2 fully saturated rings. The molecule has 132 valence electrons. The number of fused-ring (bicyclic) bond motifs is 1. The zero-order chi connectivity index (χ0) is 17.0. The molecule has 0 N–H and O–H groups in total. The van der Waals surface area contributed by atoms with Crippen molar-refractivity contribution in [1.82, 2.24) is 0 Å². The van der Waals surface area contributed by atoms with Crippen LogP contribution in [0, 0.1) is 12.8 Å². The van der Waals surface area contributed by atoms with Crippen molar-refractivity contribution in [1.29, 1.82) is 0 Å². The molecular formula is C20H30NO3+. The lowest BCUT2D eigenvalue weighted by atomic mass is 9.82. The van der Waals surface area contributed by atoms with E-state index in [1.54, 1.807) is 0 Å². The van der Waals surface area contributed by atoms with E-state index >= 15 is 0 Å². The molecule has 0 unspecified atom stereocenters. The summed E-state index contributed by atoms with van der Waals surface area (Å²) in [4.78, 5) is 12.0. The summed E-state index contributed by atoms with van der Waals surface area (Å²) < 4.78 is 12.3. The summed E-state index contributed by atoms with van der Waals surface area (Å²) in [6.07, 6.45) is 6.36. The normalized spacial score (nSPS) is 29.6. The topological polar surface area (TPSA) is 35.5 Å². The molecule has 2 aliphatic heterocycles. The van der Waals surface area contributed by atoms with Gasteiger partial charge in [-0.3, -0.25) is 0 Å². The number of hydrogen-bond donors (Lipinski definition) is 0. The third kappa shape index (κ3) is 4.10. The molecule has 0 aromatic heterocycles. The van der Waals surface area contributed by atoms with E-state index in [4.69, 9.17) is 9.47 Å². The van der Waals surface area contributed by atoms with Gasteiger partial charge in [-0.2, -0.15) is 0 Å². The van der Waals surface area contributed by atoms with E-state index < -0.39 is 0 Å². The van der Waals surface area contributed by atoms with Crippen molar-refractivity contribution in [2.24, 2.45) is 5.92 Å². The van der Waals surface area contributed by atoms with Crippen molar-refractivity contribution in [3.8, 4) is 5.75 Å². The third-order valence-corrected chi connectivity index (χ3v) is 5.81. The molecule has 0 radical (unpaired) electrons. The Morgan fingerprint density at radius 1 is 1.21 bits per heavy atom. The second-order valence-electron chi connectivity index (χ2n) is 7.68. The standard InChI is InChI=1S/C20H30NO3/c1-16-7-5-9-18(13-16)23-15-20(22)24-14-17-8-6-12-21(2)11-4-3-10-19(17)21/h5,7,9,13,17,19H,3-4,6,8,10-12,14-15H2,1-2H3/q+1/t17-,19+,21-/m0/s1. The van der Waals surface area contributed by atoms with E-state index in [9.17, 15) is 4.79 Å². The van der Waals surface area contributed by atoms with Crippen molar-refractivity contribution in [3.63, 3.8) is 0 Å². The Morgan fingerprint density at radius 3 is 2.88 bits per heavy atom. The Morgan fingerprint density at radius 2 is 2.04 bits per heavy atom. The number of rotatable bonds is 5. The largest absolute Gasteiger partial charge is 0.482 e. The first-order valence-corrected chi connectivity index (χ1v) is 9.26. The van der Waals surface area contributed by atoms with E-state index in [-0.39, 0.29) is 12.6 Å². The van der Waals surface area contributed by atoms with E-state index in [1.165, 1.54) is 49.7 Å². The van der Waals surface area contributed by atoms with Gasteiger partial charge in [-0.1, -0.05) is 12.1 Å². The predicted molar refractivity (Wildman–Crippen MR) is 93.9 cm³/mol. The molecule has 4 heteroatoms. The molecule has 3 rings (SSSR count). The number of ether oxygens (including phenoxy) is 2. The quantitative estimate of drug-likeness (QED) is 0.613. The fourth-order valence-electron chi connectivity index (χ4n) is 4.52. The minimum Gasteiger partial charge on any atom is -0.482 e. The van der Waals surface area contributed by atoms with E-state index in [0.29, 0.717) is 18.6 Å². The van der Waals surface area contributed by atoms with E-state index in [1.807, 2.05) is 31.2 Å². The lowest BCUT2D eigenvalue weighted by molar-refractivity contribution is -0.947. The molecule has 2 heterocycles. The molecule has 1 aromatic rings. The Kier molecular flexibility index (Phi) is 5.44. The van der Waals surface area contributed by atoms with Crippen LogP contribution in [-0.4, -0.2) is 49.8 Å². The van der Waals surface area contributed by atoms with Gasteiger partial charge >= 0.3 is 5.97 Å². The summed E-state index contributed by atoms with van der Waals surface area (Å²) >= 11 is 0. The van der Waals surface area contributed by atoms with Gasteiger partial charge in [0.25, 0.3) is 0 Å². The summed E-state index contributed by atoms with van der Waals surface area (Å²) in [5, 5.41) is 0. The Bertz CT molecular complexity index is 570. The number of hydrogen-bond acceptors (Lipinski definition) is 3. The van der Waals surface area contributed by atoms with Crippen LogP contribution >= 0.6 is 0 Å². The van der Waals surface area contributed by atoms with Gasteiger partial charge in [0, 0.05) is 12.3 Å². The number of piperidine rings is 2. The Balaban J connectivity index is 1.47. The molecule has 3 atom stereocenters. The number of nitrogens with zero attached hydrogens (tertiary/aromatic N) is 1. The number of esters is 1. The molecule has 1 aromatic carbocycles. The number of carbonyl (C=O) groups is 1. The van der Waals surface area contributed by atoms with Crippen LogP contribution in [0.1, 0.15) is 37.7 Å². The minimum absolute atomic E-state index is 0.00698. The molecular weight excluding hydrogens is 302 g/mol. The first-order chi connectivity index (χ1) is 11.6. The van der Waals surface area contributed by atoms with Crippen molar-refractivity contribution >= 4 is 5.97 Å². The van der Waals surface area contributed by atoms with Gasteiger partial charge in [-0.25, -0.2) is 4.79 Å². The average Bonchev–Trinajstić information content (AvgIpc) is 2.57. The van der Waals surface area contributed by atoms with Crippen LogP contribution in [0.5, 0.6) is 5.75 Å².